The highest BCUT2D eigenvalue weighted by Gasteiger charge is 2.31. The fourth-order valence-electron chi connectivity index (χ4n) is 3.60. The Morgan fingerprint density at radius 2 is 1.87 bits per heavy atom. The number of amides is 1. The van der Waals surface area contributed by atoms with E-state index >= 15 is 0 Å². The number of anilines is 1. The average molecular weight is 442 g/mol. The Balaban J connectivity index is 1.60. The molecule has 0 radical (unpaired) electrons. The molecule has 0 aliphatic carbocycles. The molecule has 2 heterocycles. The zero-order valence-electron chi connectivity index (χ0n) is 16.0. The van der Waals surface area contributed by atoms with E-state index in [-0.39, 0.29) is 22.5 Å². The van der Waals surface area contributed by atoms with E-state index in [2.05, 4.69) is 9.71 Å². The maximum absolute atomic E-state index is 13.2. The number of nitrogens with zero attached hydrogens (tertiary/aromatic N) is 2. The van der Waals surface area contributed by atoms with E-state index in [9.17, 15) is 13.2 Å². The Labute approximate surface area is 180 Å². The highest BCUT2D eigenvalue weighted by molar-refractivity contribution is 7.92. The number of nitrogens with one attached hydrogen (secondary N) is 1. The van der Waals surface area contributed by atoms with Gasteiger partial charge in [0.25, 0.3) is 15.9 Å². The van der Waals surface area contributed by atoms with E-state index < -0.39 is 10.0 Å². The molecule has 1 N–H and O–H groups in total. The highest BCUT2D eigenvalue weighted by atomic mass is 35.5. The van der Waals surface area contributed by atoms with Crippen molar-refractivity contribution in [3.63, 3.8) is 0 Å². The summed E-state index contributed by atoms with van der Waals surface area (Å²) >= 11 is 6.07. The number of aromatic nitrogens is 1. The van der Waals surface area contributed by atoms with Gasteiger partial charge >= 0.3 is 0 Å². The fraction of sp³-hybridized carbons (Fsp3) is 0.182. The van der Waals surface area contributed by atoms with Crippen LogP contribution < -0.4 is 4.72 Å². The van der Waals surface area contributed by atoms with Gasteiger partial charge in [0.15, 0.2) is 0 Å². The zero-order valence-corrected chi connectivity index (χ0v) is 17.6. The van der Waals surface area contributed by atoms with Crippen molar-refractivity contribution in [2.45, 2.75) is 23.8 Å². The van der Waals surface area contributed by atoms with Crippen LogP contribution in [0.25, 0.3) is 0 Å². The predicted octanol–water partition coefficient (Wildman–Crippen LogP) is 4.51. The van der Waals surface area contributed by atoms with Crippen LogP contribution in [0.3, 0.4) is 0 Å². The first kappa shape index (κ1) is 20.4. The zero-order chi connectivity index (χ0) is 21.1. The maximum Gasteiger partial charge on any atom is 0.261 e. The lowest BCUT2D eigenvalue weighted by Gasteiger charge is -2.24. The molecule has 6 nitrogen and oxygen atoms in total. The van der Waals surface area contributed by atoms with Gasteiger partial charge in [0.1, 0.15) is 0 Å². The van der Waals surface area contributed by atoms with Crippen molar-refractivity contribution in [3.05, 3.63) is 89.2 Å². The Morgan fingerprint density at radius 1 is 1.07 bits per heavy atom. The molecular weight excluding hydrogens is 422 g/mol. The molecular formula is C22H20ClN3O3S. The van der Waals surface area contributed by atoms with Gasteiger partial charge < -0.3 is 4.90 Å². The van der Waals surface area contributed by atoms with Crippen molar-refractivity contribution in [1.82, 2.24) is 9.88 Å². The predicted molar refractivity (Wildman–Crippen MR) is 116 cm³/mol. The summed E-state index contributed by atoms with van der Waals surface area (Å²) in [4.78, 5) is 19.3. The van der Waals surface area contributed by atoms with Crippen LogP contribution in [-0.2, 0) is 10.0 Å². The molecule has 4 rings (SSSR count). The van der Waals surface area contributed by atoms with Gasteiger partial charge in [0, 0.05) is 18.3 Å². The molecule has 3 aromatic rings. The monoisotopic (exact) mass is 441 g/mol. The first-order chi connectivity index (χ1) is 14.5. The van der Waals surface area contributed by atoms with Crippen LogP contribution in [0.1, 0.15) is 34.9 Å². The Morgan fingerprint density at radius 3 is 2.63 bits per heavy atom. The third-order valence-corrected chi connectivity index (χ3v) is 6.75. The van der Waals surface area contributed by atoms with Crippen LogP contribution in [0, 0.1) is 0 Å². The first-order valence-electron chi connectivity index (χ1n) is 9.55. The summed E-state index contributed by atoms with van der Waals surface area (Å²) in [6, 6.07) is 18.2. The topological polar surface area (TPSA) is 79.4 Å². The molecule has 30 heavy (non-hydrogen) atoms. The second-order valence-corrected chi connectivity index (χ2v) is 9.11. The van der Waals surface area contributed by atoms with Crippen molar-refractivity contribution in [3.8, 4) is 0 Å². The molecule has 1 aromatic heterocycles. The third kappa shape index (κ3) is 4.17. The van der Waals surface area contributed by atoms with Gasteiger partial charge in [-0.25, -0.2) is 8.42 Å². The molecule has 1 aliphatic heterocycles. The lowest BCUT2D eigenvalue weighted by atomic mass is 10.1. The van der Waals surface area contributed by atoms with Gasteiger partial charge in [0.05, 0.1) is 27.3 Å². The number of hydrogen-bond donors (Lipinski definition) is 1. The standard InChI is InChI=1S/C22H20ClN3O3S/c23-18-9-1-2-10-19(18)25-30(28,29)17-8-5-7-16(15-17)22(27)26-14-6-12-21(26)20-11-3-4-13-24-20/h1-5,7-11,13,15,21,25H,6,12,14H2. The minimum absolute atomic E-state index is 0.00172. The summed E-state index contributed by atoms with van der Waals surface area (Å²) in [5.41, 5.74) is 1.44. The van der Waals surface area contributed by atoms with Gasteiger partial charge in [-0.3, -0.25) is 14.5 Å². The van der Waals surface area contributed by atoms with Crippen molar-refractivity contribution in [2.24, 2.45) is 0 Å². The molecule has 154 valence electrons. The molecule has 1 atom stereocenters. The van der Waals surface area contributed by atoms with E-state index in [0.29, 0.717) is 17.1 Å². The largest absolute Gasteiger partial charge is 0.330 e. The maximum atomic E-state index is 13.2. The summed E-state index contributed by atoms with van der Waals surface area (Å²) in [6.45, 7) is 0.606. The molecule has 1 fully saturated rings. The normalized spacial score (nSPS) is 16.4. The molecule has 8 heteroatoms. The highest BCUT2D eigenvalue weighted by Crippen LogP contribution is 2.32. The Bertz CT molecular complexity index is 1170. The minimum atomic E-state index is -3.90. The van der Waals surface area contributed by atoms with Crippen LogP contribution in [0.4, 0.5) is 5.69 Å². The molecule has 0 saturated carbocycles. The van der Waals surface area contributed by atoms with Crippen molar-refractivity contribution >= 4 is 33.2 Å². The van der Waals surface area contributed by atoms with Crippen LogP contribution in [0.5, 0.6) is 0 Å². The van der Waals surface area contributed by atoms with Crippen LogP contribution in [0.2, 0.25) is 5.02 Å². The van der Waals surface area contributed by atoms with Gasteiger partial charge in [0.2, 0.25) is 0 Å². The van der Waals surface area contributed by atoms with Gasteiger partial charge in [-0.1, -0.05) is 35.9 Å². The quantitative estimate of drug-likeness (QED) is 0.631. The Hall–Kier alpha value is -2.90. The van der Waals surface area contributed by atoms with Crippen molar-refractivity contribution in [1.29, 1.82) is 0 Å². The van der Waals surface area contributed by atoms with Crippen LogP contribution in [-0.4, -0.2) is 30.8 Å². The number of pyridine rings is 1. The molecule has 1 amide bonds. The second kappa shape index (κ2) is 8.45. The van der Waals surface area contributed by atoms with E-state index in [0.717, 1.165) is 18.5 Å². The van der Waals surface area contributed by atoms with E-state index in [1.807, 2.05) is 18.2 Å². The number of carbonyl (C=O) groups excluding carboxylic acids is 1. The molecule has 0 bridgehead atoms. The van der Waals surface area contributed by atoms with Crippen molar-refractivity contribution in [2.75, 3.05) is 11.3 Å². The smallest absolute Gasteiger partial charge is 0.261 e. The molecule has 1 saturated heterocycles. The van der Waals surface area contributed by atoms with Crippen LogP contribution in [0.15, 0.2) is 77.8 Å². The Kier molecular flexibility index (Phi) is 5.74. The van der Waals surface area contributed by atoms with E-state index in [4.69, 9.17) is 11.6 Å². The number of likely N-dealkylation sites (tertiary alicyclic amines) is 1. The molecule has 2 aromatic carbocycles. The number of carbonyl (C=O) groups is 1. The molecule has 0 spiro atoms. The average Bonchev–Trinajstić information content (AvgIpc) is 3.25. The molecule has 1 unspecified atom stereocenters. The van der Waals surface area contributed by atoms with Crippen LogP contribution >= 0.6 is 11.6 Å². The number of benzene rings is 2. The number of halogens is 1. The third-order valence-electron chi connectivity index (χ3n) is 5.05. The summed E-state index contributed by atoms with van der Waals surface area (Å²) < 4.78 is 28.1. The number of para-hydroxylation sites is 1. The van der Waals surface area contributed by atoms with Gasteiger partial charge in [-0.2, -0.15) is 0 Å². The van der Waals surface area contributed by atoms with E-state index in [1.54, 1.807) is 47.5 Å². The second-order valence-electron chi connectivity index (χ2n) is 7.02. The summed E-state index contributed by atoms with van der Waals surface area (Å²) in [7, 11) is -3.90. The number of rotatable bonds is 5. The summed E-state index contributed by atoms with van der Waals surface area (Å²) in [5.74, 6) is -0.210. The molecule has 1 aliphatic rings. The van der Waals surface area contributed by atoms with Gasteiger partial charge in [-0.05, 0) is 55.3 Å². The van der Waals surface area contributed by atoms with Crippen molar-refractivity contribution < 1.29 is 13.2 Å². The fourth-order valence-corrected chi connectivity index (χ4v) is 4.96. The lowest BCUT2D eigenvalue weighted by Crippen LogP contribution is -2.31. The number of hydrogen-bond acceptors (Lipinski definition) is 4. The summed E-state index contributed by atoms with van der Waals surface area (Å²) in [5, 5.41) is 0.295. The van der Waals surface area contributed by atoms with Gasteiger partial charge in [-0.15, -0.1) is 0 Å². The van der Waals surface area contributed by atoms with E-state index in [1.165, 1.54) is 12.1 Å². The SMILES string of the molecule is O=C(c1cccc(S(=O)(=O)Nc2ccccc2Cl)c1)N1CCCC1c1ccccn1. The number of sulfonamides is 1. The summed E-state index contributed by atoms with van der Waals surface area (Å²) in [6.07, 6.45) is 3.41. The minimum Gasteiger partial charge on any atom is -0.330 e. The first-order valence-corrected chi connectivity index (χ1v) is 11.4. The lowest BCUT2D eigenvalue weighted by molar-refractivity contribution is 0.0732.